The zero-order valence-corrected chi connectivity index (χ0v) is 8.80. The van der Waals surface area contributed by atoms with Gasteiger partial charge < -0.3 is 15.5 Å². The van der Waals surface area contributed by atoms with Crippen LogP contribution in [0.15, 0.2) is 12.2 Å². The lowest BCUT2D eigenvalue weighted by Gasteiger charge is -2.23. The van der Waals surface area contributed by atoms with E-state index in [4.69, 9.17) is 10.2 Å². The number of aliphatic hydroxyl groups is 1. The fourth-order valence-electron chi connectivity index (χ4n) is 2.81. The minimum atomic E-state index is -0.902. The molecular weight excluding hydrogens is 210 g/mol. The molecule has 1 saturated carbocycles. The Morgan fingerprint density at radius 3 is 2.44 bits per heavy atom. The first-order valence-electron chi connectivity index (χ1n) is 5.45. The Hall–Kier alpha value is -1.36. The molecular formula is C11H15NO4. The molecule has 1 fully saturated rings. The smallest absolute Gasteiger partial charge is 0.307 e. The van der Waals surface area contributed by atoms with E-state index >= 15 is 0 Å². The van der Waals surface area contributed by atoms with Crippen LogP contribution in [0.3, 0.4) is 0 Å². The van der Waals surface area contributed by atoms with E-state index in [9.17, 15) is 9.59 Å². The lowest BCUT2D eigenvalue weighted by Crippen LogP contribution is -2.41. The van der Waals surface area contributed by atoms with Crippen molar-refractivity contribution in [2.24, 2.45) is 23.7 Å². The van der Waals surface area contributed by atoms with E-state index in [0.29, 0.717) is 0 Å². The quantitative estimate of drug-likeness (QED) is 0.569. The number of carbonyl (C=O) groups excluding carboxylic acids is 1. The molecule has 16 heavy (non-hydrogen) atoms. The summed E-state index contributed by atoms with van der Waals surface area (Å²) in [4.78, 5) is 22.9. The molecule has 4 atom stereocenters. The zero-order chi connectivity index (χ0) is 11.7. The average molecular weight is 225 g/mol. The van der Waals surface area contributed by atoms with Crippen molar-refractivity contribution in [3.63, 3.8) is 0 Å². The summed E-state index contributed by atoms with van der Waals surface area (Å²) in [6.07, 6.45) is 4.60. The highest BCUT2D eigenvalue weighted by Crippen LogP contribution is 2.48. The van der Waals surface area contributed by atoms with E-state index in [2.05, 4.69) is 5.32 Å². The molecule has 0 aromatic heterocycles. The summed E-state index contributed by atoms with van der Waals surface area (Å²) in [6.45, 7) is 0.0584. The Bertz CT molecular complexity index is 339. The Balaban J connectivity index is 2.10. The predicted molar refractivity (Wildman–Crippen MR) is 55.4 cm³/mol. The summed E-state index contributed by atoms with van der Waals surface area (Å²) in [5, 5.41) is 20.3. The molecule has 0 aliphatic heterocycles. The van der Waals surface area contributed by atoms with Crippen molar-refractivity contribution in [2.45, 2.75) is 6.42 Å². The van der Waals surface area contributed by atoms with Crippen LogP contribution < -0.4 is 5.32 Å². The van der Waals surface area contributed by atoms with Gasteiger partial charge in [-0.3, -0.25) is 9.59 Å². The number of allylic oxidation sites excluding steroid dienone is 2. The molecule has 0 heterocycles. The third kappa shape index (κ3) is 1.71. The van der Waals surface area contributed by atoms with Crippen molar-refractivity contribution >= 4 is 11.9 Å². The highest BCUT2D eigenvalue weighted by atomic mass is 16.4. The summed E-state index contributed by atoms with van der Waals surface area (Å²) < 4.78 is 0. The molecule has 88 valence electrons. The van der Waals surface area contributed by atoms with Crippen LogP contribution in [0.1, 0.15) is 6.42 Å². The van der Waals surface area contributed by atoms with Gasteiger partial charge in [-0.25, -0.2) is 0 Å². The highest BCUT2D eigenvalue weighted by Gasteiger charge is 2.51. The number of aliphatic carboxylic acids is 1. The second-order valence-electron chi connectivity index (χ2n) is 4.35. The monoisotopic (exact) mass is 225 g/mol. The van der Waals surface area contributed by atoms with Crippen LogP contribution in [-0.4, -0.2) is 35.2 Å². The summed E-state index contributed by atoms with van der Waals surface area (Å²) in [7, 11) is 0. The molecule has 2 rings (SSSR count). The fraction of sp³-hybridized carbons (Fsp3) is 0.636. The number of amides is 1. The molecule has 0 aromatic carbocycles. The number of fused-ring (bicyclic) bond motifs is 2. The summed E-state index contributed by atoms with van der Waals surface area (Å²) in [5.41, 5.74) is 0. The van der Waals surface area contributed by atoms with Gasteiger partial charge in [0.1, 0.15) is 0 Å². The number of carbonyl (C=O) groups is 2. The molecule has 3 N–H and O–H groups in total. The van der Waals surface area contributed by atoms with E-state index in [1.54, 1.807) is 0 Å². The molecule has 1 amide bonds. The highest BCUT2D eigenvalue weighted by molar-refractivity contribution is 5.86. The molecule has 2 bridgehead atoms. The minimum absolute atomic E-state index is 0.00706. The molecule has 5 heteroatoms. The molecule has 2 aliphatic rings. The standard InChI is InChI=1S/C11H15NO4/c13-4-3-12-10(14)8-6-1-2-7(5-6)9(8)11(15)16/h1-2,6-9,13H,3-5H2,(H,12,14)(H,15,16)/t6-,7+,8?,9?/m0/s1. The van der Waals surface area contributed by atoms with Crippen LogP contribution in [0.5, 0.6) is 0 Å². The Morgan fingerprint density at radius 1 is 1.25 bits per heavy atom. The van der Waals surface area contributed by atoms with Crippen molar-refractivity contribution in [2.75, 3.05) is 13.2 Å². The van der Waals surface area contributed by atoms with Crippen molar-refractivity contribution < 1.29 is 19.8 Å². The number of carboxylic acid groups (broad SMARTS) is 1. The summed E-state index contributed by atoms with van der Waals surface area (Å²) in [6, 6.07) is 0. The SMILES string of the molecule is O=C(O)C1C(C(=O)NCCO)[C@H]2C=C[C@@H]1C2. The van der Waals surface area contributed by atoms with Gasteiger partial charge in [0.25, 0.3) is 0 Å². The number of carboxylic acids is 1. The summed E-state index contributed by atoms with van der Waals surface area (Å²) >= 11 is 0. The second-order valence-corrected chi connectivity index (χ2v) is 4.35. The topological polar surface area (TPSA) is 86.6 Å². The molecule has 2 aliphatic carbocycles. The molecule has 0 radical (unpaired) electrons. The maximum absolute atomic E-state index is 11.8. The van der Waals surface area contributed by atoms with E-state index in [1.807, 2.05) is 12.2 Å². The zero-order valence-electron chi connectivity index (χ0n) is 8.80. The Morgan fingerprint density at radius 2 is 1.88 bits per heavy atom. The lowest BCUT2D eigenvalue weighted by molar-refractivity contribution is -0.147. The van der Waals surface area contributed by atoms with E-state index < -0.39 is 17.8 Å². The van der Waals surface area contributed by atoms with Crippen LogP contribution in [0.4, 0.5) is 0 Å². The second kappa shape index (κ2) is 4.25. The van der Waals surface area contributed by atoms with Crippen LogP contribution in [0.25, 0.3) is 0 Å². The summed E-state index contributed by atoms with van der Waals surface area (Å²) in [5.74, 6) is -2.19. The molecule has 5 nitrogen and oxygen atoms in total. The van der Waals surface area contributed by atoms with Gasteiger partial charge in [-0.15, -0.1) is 0 Å². The number of rotatable bonds is 4. The normalized spacial score (nSPS) is 35.3. The molecule has 0 aromatic rings. The van der Waals surface area contributed by atoms with Crippen LogP contribution >= 0.6 is 0 Å². The van der Waals surface area contributed by atoms with Gasteiger partial charge in [0.2, 0.25) is 5.91 Å². The van der Waals surface area contributed by atoms with Crippen molar-refractivity contribution in [1.29, 1.82) is 0 Å². The van der Waals surface area contributed by atoms with Crippen molar-refractivity contribution in [1.82, 2.24) is 5.32 Å². The van der Waals surface area contributed by atoms with Gasteiger partial charge in [0.05, 0.1) is 18.4 Å². The third-order valence-electron chi connectivity index (χ3n) is 3.46. The van der Waals surface area contributed by atoms with Gasteiger partial charge >= 0.3 is 5.97 Å². The maximum Gasteiger partial charge on any atom is 0.307 e. The minimum Gasteiger partial charge on any atom is -0.481 e. The number of nitrogens with one attached hydrogen (secondary N) is 1. The first-order valence-corrected chi connectivity index (χ1v) is 5.45. The first-order chi connectivity index (χ1) is 7.65. The van der Waals surface area contributed by atoms with Crippen LogP contribution in [-0.2, 0) is 9.59 Å². The average Bonchev–Trinajstić information content (AvgIpc) is 2.84. The van der Waals surface area contributed by atoms with Gasteiger partial charge in [-0.05, 0) is 18.3 Å². The number of hydrogen-bond donors (Lipinski definition) is 3. The Kier molecular flexibility index (Phi) is 2.96. The van der Waals surface area contributed by atoms with Gasteiger partial charge in [-0.2, -0.15) is 0 Å². The maximum atomic E-state index is 11.8. The largest absolute Gasteiger partial charge is 0.481 e. The molecule has 2 unspecified atom stereocenters. The van der Waals surface area contributed by atoms with Gasteiger partial charge in [0, 0.05) is 6.54 Å². The van der Waals surface area contributed by atoms with E-state index in [0.717, 1.165) is 6.42 Å². The van der Waals surface area contributed by atoms with Crippen LogP contribution in [0.2, 0.25) is 0 Å². The van der Waals surface area contributed by atoms with E-state index in [1.165, 1.54) is 0 Å². The predicted octanol–water partition coefficient (Wildman–Crippen LogP) is -0.382. The first kappa shape index (κ1) is 11.1. The lowest BCUT2D eigenvalue weighted by atomic mass is 9.82. The Labute approximate surface area is 93.1 Å². The van der Waals surface area contributed by atoms with Gasteiger partial charge in [0.15, 0.2) is 0 Å². The molecule has 0 spiro atoms. The van der Waals surface area contributed by atoms with Crippen LogP contribution in [0, 0.1) is 23.7 Å². The van der Waals surface area contributed by atoms with Crippen molar-refractivity contribution in [3.05, 3.63) is 12.2 Å². The van der Waals surface area contributed by atoms with E-state index in [-0.39, 0.29) is 30.9 Å². The third-order valence-corrected chi connectivity index (χ3v) is 3.46. The van der Waals surface area contributed by atoms with Gasteiger partial charge in [-0.1, -0.05) is 12.2 Å². The van der Waals surface area contributed by atoms with Crippen molar-refractivity contribution in [3.8, 4) is 0 Å². The molecule has 0 saturated heterocycles. The number of aliphatic hydroxyl groups excluding tert-OH is 1. The fourth-order valence-corrected chi connectivity index (χ4v) is 2.81. The number of hydrogen-bond acceptors (Lipinski definition) is 3.